The molecule has 0 saturated carbocycles. The Morgan fingerprint density at radius 3 is 1.42 bits per heavy atom. The van der Waals surface area contributed by atoms with Crippen molar-refractivity contribution in [2.75, 3.05) is 20.0 Å². The fourth-order valence-electron chi connectivity index (χ4n) is 0.980. The molecule has 2 heterocycles. The zero-order chi connectivity index (χ0) is 14.2. The third kappa shape index (κ3) is 14.2. The van der Waals surface area contributed by atoms with E-state index in [-0.39, 0.29) is 27.1 Å². The van der Waals surface area contributed by atoms with Gasteiger partial charge in [0.1, 0.15) is 6.79 Å². The van der Waals surface area contributed by atoms with E-state index in [1.54, 1.807) is 0 Å². The summed E-state index contributed by atoms with van der Waals surface area (Å²) in [5.41, 5.74) is 0.215. The summed E-state index contributed by atoms with van der Waals surface area (Å²) in [4.78, 5) is 0. The highest BCUT2D eigenvalue weighted by atomic mass is 16.8. The largest absolute Gasteiger partial charge is 0.456 e. The fraction of sp³-hybridized carbons (Fsp3) is 1.00. The van der Waals surface area contributed by atoms with Gasteiger partial charge in [-0.3, -0.25) is 0 Å². The first-order chi connectivity index (χ1) is 8.23. The van der Waals surface area contributed by atoms with Gasteiger partial charge >= 0.3 is 21.4 Å². The minimum absolute atomic E-state index is 0. The standard InChI is InChI=1S/C6H13BO2.C2H5BO2.CH5BO2.CH4/c1-6(2)4-8-7(3)9-5-6;1-3-4-2-5-3;1-2(3)4;/h4-5H2,1-3H3;2H2,1H3;3-4H,1H3;1H4. The monoisotopic (exact) mass is 276 g/mol. The minimum atomic E-state index is -1.17. The minimum Gasteiger partial charge on any atom is -0.427 e. The average molecular weight is 276 g/mol. The molecule has 2 saturated heterocycles. The van der Waals surface area contributed by atoms with E-state index in [4.69, 9.17) is 28.7 Å². The smallest absolute Gasteiger partial charge is 0.427 e. The van der Waals surface area contributed by atoms with Crippen molar-refractivity contribution in [1.82, 2.24) is 0 Å². The van der Waals surface area contributed by atoms with Crippen LogP contribution in [0, 0.1) is 5.41 Å². The van der Waals surface area contributed by atoms with Gasteiger partial charge in [0.15, 0.2) is 0 Å². The summed E-state index contributed by atoms with van der Waals surface area (Å²) in [5, 5.41) is 15.2. The quantitative estimate of drug-likeness (QED) is 0.643. The lowest BCUT2D eigenvalue weighted by Gasteiger charge is -2.31. The maximum absolute atomic E-state index is 7.61. The Balaban J connectivity index is 0. The third-order valence-corrected chi connectivity index (χ3v) is 2.02. The van der Waals surface area contributed by atoms with E-state index in [0.29, 0.717) is 6.79 Å². The van der Waals surface area contributed by atoms with E-state index in [1.165, 1.54) is 6.82 Å². The lowest BCUT2D eigenvalue weighted by atomic mass is 9.86. The molecule has 2 rings (SSSR count). The van der Waals surface area contributed by atoms with Gasteiger partial charge in [-0.2, -0.15) is 0 Å². The van der Waals surface area contributed by atoms with E-state index in [2.05, 4.69) is 13.8 Å². The van der Waals surface area contributed by atoms with Crippen molar-refractivity contribution in [3.05, 3.63) is 0 Å². The molecule has 2 aliphatic heterocycles. The van der Waals surface area contributed by atoms with Crippen LogP contribution in [-0.2, 0) is 18.6 Å². The molecule has 0 atom stereocenters. The van der Waals surface area contributed by atoms with Gasteiger partial charge in [-0.25, -0.2) is 0 Å². The topological polar surface area (TPSA) is 77.4 Å². The van der Waals surface area contributed by atoms with Crippen molar-refractivity contribution in [3.8, 4) is 0 Å². The van der Waals surface area contributed by atoms with Gasteiger partial charge in [0.05, 0.1) is 0 Å². The van der Waals surface area contributed by atoms with Gasteiger partial charge in [-0.15, -0.1) is 0 Å². The second-order valence-electron chi connectivity index (χ2n) is 5.00. The Bertz CT molecular complexity index is 201. The lowest BCUT2D eigenvalue weighted by molar-refractivity contribution is -0.00865. The van der Waals surface area contributed by atoms with Crippen LogP contribution in [0.3, 0.4) is 0 Å². The number of rotatable bonds is 0. The van der Waals surface area contributed by atoms with Crippen molar-refractivity contribution < 1.29 is 28.7 Å². The van der Waals surface area contributed by atoms with Crippen molar-refractivity contribution in [3.63, 3.8) is 0 Å². The zero-order valence-electron chi connectivity index (χ0n) is 11.9. The molecule has 0 unspecified atom stereocenters. The van der Waals surface area contributed by atoms with E-state index in [9.17, 15) is 0 Å². The van der Waals surface area contributed by atoms with Crippen LogP contribution < -0.4 is 0 Å². The molecule has 2 aliphatic rings. The van der Waals surface area contributed by atoms with E-state index in [1.807, 2.05) is 13.6 Å². The third-order valence-electron chi connectivity index (χ3n) is 2.02. The number of hydrogen-bond donors (Lipinski definition) is 2. The molecule has 0 bridgehead atoms. The van der Waals surface area contributed by atoms with Gasteiger partial charge < -0.3 is 28.7 Å². The molecule has 6 nitrogen and oxygen atoms in total. The van der Waals surface area contributed by atoms with E-state index < -0.39 is 7.12 Å². The maximum Gasteiger partial charge on any atom is 0.456 e. The van der Waals surface area contributed by atoms with Gasteiger partial charge in [0, 0.05) is 18.6 Å². The van der Waals surface area contributed by atoms with Crippen LogP contribution in [0.5, 0.6) is 0 Å². The van der Waals surface area contributed by atoms with Crippen molar-refractivity contribution >= 4 is 21.4 Å². The first-order valence-electron chi connectivity index (χ1n) is 6.05. The average Bonchev–Trinajstić information content (AvgIpc) is 2.20. The molecule has 9 heteroatoms. The summed E-state index contributed by atoms with van der Waals surface area (Å²) in [5.74, 6) is 0. The highest BCUT2D eigenvalue weighted by Gasteiger charge is 2.28. The molecule has 0 aromatic heterocycles. The molecule has 0 spiro atoms. The highest BCUT2D eigenvalue weighted by Crippen LogP contribution is 2.20. The van der Waals surface area contributed by atoms with Crippen molar-refractivity contribution in [1.29, 1.82) is 0 Å². The fourth-order valence-corrected chi connectivity index (χ4v) is 0.980. The molecule has 0 radical (unpaired) electrons. The molecule has 112 valence electrons. The summed E-state index contributed by atoms with van der Waals surface area (Å²) in [7, 11) is -1.10. The van der Waals surface area contributed by atoms with Crippen LogP contribution in [0.2, 0.25) is 20.5 Å². The Morgan fingerprint density at radius 1 is 0.947 bits per heavy atom. The van der Waals surface area contributed by atoms with Crippen LogP contribution in [0.15, 0.2) is 0 Å². The second-order valence-corrected chi connectivity index (χ2v) is 5.00. The molecule has 0 aromatic rings. The first-order valence-corrected chi connectivity index (χ1v) is 6.05. The van der Waals surface area contributed by atoms with Crippen LogP contribution in [0.25, 0.3) is 0 Å². The van der Waals surface area contributed by atoms with Crippen molar-refractivity contribution in [2.45, 2.75) is 41.7 Å². The first kappa shape index (κ1) is 21.3. The summed E-state index contributed by atoms with van der Waals surface area (Å²) < 4.78 is 20.0. The summed E-state index contributed by atoms with van der Waals surface area (Å²) in [6, 6.07) is 0. The molecule has 19 heavy (non-hydrogen) atoms. The Labute approximate surface area is 118 Å². The highest BCUT2D eigenvalue weighted by molar-refractivity contribution is 6.44. The molecule has 0 aromatic carbocycles. The molecule has 0 aliphatic carbocycles. The predicted molar refractivity (Wildman–Crippen MR) is 78.7 cm³/mol. The van der Waals surface area contributed by atoms with E-state index in [0.717, 1.165) is 13.2 Å². The molecular formula is C10H27B3O6. The van der Waals surface area contributed by atoms with Crippen LogP contribution in [0.4, 0.5) is 0 Å². The van der Waals surface area contributed by atoms with Gasteiger partial charge in [0.2, 0.25) is 0 Å². The maximum atomic E-state index is 7.61. The summed E-state index contributed by atoms with van der Waals surface area (Å²) in [6.45, 7) is 11.5. The number of hydrogen-bond acceptors (Lipinski definition) is 6. The SMILES string of the molecule is C.CB(O)O.CB1OCC(C)(C)CO1.CB1OCO1. The van der Waals surface area contributed by atoms with Crippen LogP contribution >= 0.6 is 0 Å². The second kappa shape index (κ2) is 10.7. The lowest BCUT2D eigenvalue weighted by Crippen LogP contribution is -2.38. The summed E-state index contributed by atoms with van der Waals surface area (Å²) >= 11 is 0. The van der Waals surface area contributed by atoms with E-state index >= 15 is 0 Å². The van der Waals surface area contributed by atoms with Crippen molar-refractivity contribution in [2.24, 2.45) is 5.41 Å². The molecular weight excluding hydrogens is 249 g/mol. The predicted octanol–water partition coefficient (Wildman–Crippen LogP) is 1.01. The summed E-state index contributed by atoms with van der Waals surface area (Å²) in [6.07, 6.45) is 0. The normalized spacial score (nSPS) is 19.7. The molecule has 0 amide bonds. The Hall–Kier alpha value is -0.0452. The molecule has 2 fully saturated rings. The van der Waals surface area contributed by atoms with Gasteiger partial charge in [-0.1, -0.05) is 21.3 Å². The Morgan fingerprint density at radius 2 is 1.26 bits per heavy atom. The van der Waals surface area contributed by atoms with Crippen LogP contribution in [0.1, 0.15) is 21.3 Å². The van der Waals surface area contributed by atoms with Crippen LogP contribution in [-0.4, -0.2) is 51.4 Å². The Kier molecular flexibility index (Phi) is 12.0. The van der Waals surface area contributed by atoms with Gasteiger partial charge in [0.25, 0.3) is 0 Å². The van der Waals surface area contributed by atoms with Gasteiger partial charge in [-0.05, 0) is 20.5 Å². The zero-order valence-corrected chi connectivity index (χ0v) is 11.9. The molecule has 2 N–H and O–H groups in total.